The number of benzene rings is 2. The highest BCUT2D eigenvalue weighted by atomic mass is 19.4. The number of aliphatic hydroxyl groups excluding tert-OH is 1. The lowest BCUT2D eigenvalue weighted by Gasteiger charge is -2.22. The molecule has 0 spiro atoms. The summed E-state index contributed by atoms with van der Waals surface area (Å²) in [5, 5.41) is 19.0. The van der Waals surface area contributed by atoms with E-state index in [1.165, 1.54) is 7.11 Å². The number of hydrogen-bond acceptors (Lipinski definition) is 7. The van der Waals surface area contributed by atoms with Crippen molar-refractivity contribution in [1.82, 2.24) is 14.8 Å². The van der Waals surface area contributed by atoms with E-state index in [0.717, 1.165) is 22.9 Å². The first kappa shape index (κ1) is 29.3. The minimum atomic E-state index is -4.59. The minimum Gasteiger partial charge on any atom is -0.469 e. The molecule has 11 heteroatoms. The Morgan fingerprint density at radius 3 is 2.32 bits per heavy atom. The number of nitrogens with zero attached hydrogens (tertiary/aromatic N) is 3. The molecule has 0 saturated carbocycles. The van der Waals surface area contributed by atoms with Gasteiger partial charge >= 0.3 is 19.2 Å². The van der Waals surface area contributed by atoms with Crippen LogP contribution in [0.15, 0.2) is 54.7 Å². The van der Waals surface area contributed by atoms with Crippen molar-refractivity contribution in [3.63, 3.8) is 0 Å². The normalized spacial score (nSPS) is 11.6. The molecule has 3 rings (SSSR count). The van der Waals surface area contributed by atoms with Crippen molar-refractivity contribution >= 4 is 13.0 Å². The number of carbonyl (C=O) groups is 1. The van der Waals surface area contributed by atoms with E-state index in [1.54, 1.807) is 35.9 Å². The predicted molar refractivity (Wildman–Crippen MR) is 137 cm³/mol. The van der Waals surface area contributed by atoms with Gasteiger partial charge in [0.2, 0.25) is 0 Å². The van der Waals surface area contributed by atoms with Gasteiger partial charge in [0, 0.05) is 25.7 Å². The summed E-state index contributed by atoms with van der Waals surface area (Å²) in [4.78, 5) is 21.7. The van der Waals surface area contributed by atoms with Crippen LogP contribution in [-0.4, -0.2) is 58.2 Å². The van der Waals surface area contributed by atoms with Gasteiger partial charge in [-0.05, 0) is 41.9 Å². The van der Waals surface area contributed by atoms with Gasteiger partial charge in [-0.3, -0.25) is 4.79 Å². The topological polar surface area (TPSA) is 95.8 Å². The molecule has 0 bridgehead atoms. The second-order valence-electron chi connectivity index (χ2n) is 8.99. The molecular weight excluding hydrogens is 498 g/mol. The van der Waals surface area contributed by atoms with Gasteiger partial charge in [0.15, 0.2) is 0 Å². The number of ether oxygens (including phenoxy) is 1. The first-order valence-corrected chi connectivity index (χ1v) is 12.3. The van der Waals surface area contributed by atoms with Crippen molar-refractivity contribution in [2.75, 3.05) is 20.3 Å². The Labute approximate surface area is 220 Å². The maximum atomic E-state index is 13.7. The predicted octanol–water partition coefficient (Wildman–Crippen LogP) is 3.49. The Kier molecular flexibility index (Phi) is 10.4. The van der Waals surface area contributed by atoms with Crippen LogP contribution >= 0.6 is 0 Å². The molecule has 0 aliphatic carbocycles. The molecule has 7 nitrogen and oxygen atoms in total. The Hall–Kier alpha value is -3.28. The smallest absolute Gasteiger partial charge is 0.419 e. The van der Waals surface area contributed by atoms with Crippen molar-refractivity contribution in [1.29, 1.82) is 0 Å². The van der Waals surface area contributed by atoms with Gasteiger partial charge in [0.25, 0.3) is 0 Å². The standard InChI is InChI=1S/C27H31BF3N3O4/c1-28(37)34(13-14-35)18-20-9-7-19(8-10-20)15-25-32-17-23(27(29,30)31)24(33-25)12-11-21-5-3-4-6-22(21)16-26(36)38-2/h3-10,17,35,37H,11-16,18H2,1-2H3. The summed E-state index contributed by atoms with van der Waals surface area (Å²) in [6.45, 7) is 2.32. The molecule has 1 heterocycles. The lowest BCUT2D eigenvalue weighted by molar-refractivity contribution is -0.140. The molecule has 0 amide bonds. The zero-order chi connectivity index (χ0) is 27.7. The van der Waals surface area contributed by atoms with Crippen LogP contribution in [0.4, 0.5) is 13.2 Å². The lowest BCUT2D eigenvalue weighted by atomic mass is 9.84. The molecule has 2 aromatic carbocycles. The number of alkyl halides is 3. The number of halogens is 3. The molecule has 1 aromatic heterocycles. The van der Waals surface area contributed by atoms with Crippen LogP contribution in [0.1, 0.15) is 39.3 Å². The molecule has 0 unspecified atom stereocenters. The van der Waals surface area contributed by atoms with E-state index >= 15 is 0 Å². The van der Waals surface area contributed by atoms with Gasteiger partial charge in [-0.1, -0.05) is 48.5 Å². The first-order chi connectivity index (χ1) is 18.1. The van der Waals surface area contributed by atoms with Gasteiger partial charge in [0.05, 0.1) is 31.4 Å². The van der Waals surface area contributed by atoms with E-state index in [9.17, 15) is 23.0 Å². The van der Waals surface area contributed by atoms with Crippen molar-refractivity contribution in [2.45, 2.75) is 45.2 Å². The number of methoxy groups -OCH3 is 1. The van der Waals surface area contributed by atoms with E-state index in [1.807, 2.05) is 24.3 Å². The summed E-state index contributed by atoms with van der Waals surface area (Å²) in [5.41, 5.74) is 2.24. The van der Waals surface area contributed by atoms with E-state index in [2.05, 4.69) is 9.97 Å². The molecule has 0 atom stereocenters. The molecule has 38 heavy (non-hydrogen) atoms. The summed E-state index contributed by atoms with van der Waals surface area (Å²) >= 11 is 0. The third-order valence-electron chi connectivity index (χ3n) is 6.22. The average Bonchev–Trinajstić information content (AvgIpc) is 2.88. The Morgan fingerprint density at radius 1 is 1.05 bits per heavy atom. The van der Waals surface area contributed by atoms with E-state index in [4.69, 9.17) is 9.84 Å². The maximum Gasteiger partial charge on any atom is 0.419 e. The number of aromatic nitrogens is 2. The minimum absolute atomic E-state index is 0.0293. The van der Waals surface area contributed by atoms with Gasteiger partial charge in [-0.15, -0.1) is 0 Å². The van der Waals surface area contributed by atoms with Crippen LogP contribution in [0.25, 0.3) is 0 Å². The van der Waals surface area contributed by atoms with Gasteiger partial charge < -0.3 is 19.7 Å². The zero-order valence-corrected chi connectivity index (χ0v) is 21.4. The van der Waals surface area contributed by atoms with Crippen molar-refractivity contribution < 1.29 is 32.8 Å². The van der Waals surface area contributed by atoms with Gasteiger partial charge in [0.1, 0.15) is 5.82 Å². The second-order valence-corrected chi connectivity index (χ2v) is 8.99. The molecule has 0 aliphatic heterocycles. The number of esters is 1. The first-order valence-electron chi connectivity index (χ1n) is 12.3. The van der Waals surface area contributed by atoms with Crippen LogP contribution in [0.3, 0.4) is 0 Å². The summed E-state index contributed by atoms with van der Waals surface area (Å²) in [6.07, 6.45) is -3.16. The van der Waals surface area contributed by atoms with Crippen LogP contribution in [-0.2, 0) is 47.9 Å². The van der Waals surface area contributed by atoms with Crippen molar-refractivity contribution in [3.8, 4) is 0 Å². The van der Waals surface area contributed by atoms with Crippen LogP contribution in [0, 0.1) is 0 Å². The van der Waals surface area contributed by atoms with Crippen LogP contribution < -0.4 is 0 Å². The lowest BCUT2D eigenvalue weighted by Crippen LogP contribution is -2.38. The van der Waals surface area contributed by atoms with Crippen LogP contribution in [0.5, 0.6) is 0 Å². The van der Waals surface area contributed by atoms with Crippen molar-refractivity contribution in [2.24, 2.45) is 0 Å². The largest absolute Gasteiger partial charge is 0.469 e. The number of carbonyl (C=O) groups excluding carboxylic acids is 1. The monoisotopic (exact) mass is 529 g/mol. The molecular formula is C27H31BF3N3O4. The van der Waals surface area contributed by atoms with E-state index < -0.39 is 24.8 Å². The summed E-state index contributed by atoms with van der Waals surface area (Å²) in [5.74, 6) is -0.148. The Morgan fingerprint density at radius 2 is 1.71 bits per heavy atom. The zero-order valence-electron chi connectivity index (χ0n) is 21.4. The Balaban J connectivity index is 1.77. The average molecular weight is 529 g/mol. The number of rotatable bonds is 12. The fourth-order valence-corrected chi connectivity index (χ4v) is 4.13. The SMILES string of the molecule is COC(=O)Cc1ccccc1CCc1nc(Cc2ccc(CN(CCO)B(C)O)cc2)ncc1C(F)(F)F. The third-order valence-corrected chi connectivity index (χ3v) is 6.22. The molecule has 0 saturated heterocycles. The summed E-state index contributed by atoms with van der Waals surface area (Å²) in [6, 6.07) is 14.5. The maximum absolute atomic E-state index is 13.7. The van der Waals surface area contributed by atoms with Crippen molar-refractivity contribution in [3.05, 3.63) is 94.1 Å². The number of aryl methyl sites for hydroxylation is 2. The van der Waals surface area contributed by atoms with E-state index in [0.29, 0.717) is 18.7 Å². The number of hydrogen-bond donors (Lipinski definition) is 2. The quantitative estimate of drug-likeness (QED) is 0.274. The second kappa shape index (κ2) is 13.5. The number of aliphatic hydroxyl groups is 1. The fraction of sp³-hybridized carbons (Fsp3) is 0.370. The summed E-state index contributed by atoms with van der Waals surface area (Å²) < 4.78 is 45.9. The third kappa shape index (κ3) is 8.37. The fourth-order valence-electron chi connectivity index (χ4n) is 4.13. The molecule has 2 N–H and O–H groups in total. The van der Waals surface area contributed by atoms with E-state index in [-0.39, 0.29) is 43.8 Å². The highest BCUT2D eigenvalue weighted by Crippen LogP contribution is 2.31. The molecule has 3 aromatic rings. The van der Waals surface area contributed by atoms with Crippen LogP contribution in [0.2, 0.25) is 6.82 Å². The molecule has 0 fully saturated rings. The highest BCUT2D eigenvalue weighted by Gasteiger charge is 2.34. The highest BCUT2D eigenvalue weighted by molar-refractivity contribution is 6.45. The molecule has 0 aliphatic rings. The molecule has 0 radical (unpaired) electrons. The summed E-state index contributed by atoms with van der Waals surface area (Å²) in [7, 11) is 0.575. The Bertz CT molecular complexity index is 1210. The van der Waals surface area contributed by atoms with Gasteiger partial charge in [-0.25, -0.2) is 9.97 Å². The molecule has 202 valence electrons. The van der Waals surface area contributed by atoms with Gasteiger partial charge in [-0.2, -0.15) is 13.2 Å².